The number of amides is 1. The highest BCUT2D eigenvalue weighted by atomic mass is 32.2. The first kappa shape index (κ1) is 10.4. The summed E-state index contributed by atoms with van der Waals surface area (Å²) < 4.78 is 20.7. The van der Waals surface area contributed by atoms with Gasteiger partial charge in [0.2, 0.25) is 15.9 Å². The molecular formula is C5H12N2O3S. The zero-order chi connectivity index (χ0) is 8.91. The number of hydrogen-bond donors (Lipinski definition) is 2. The summed E-state index contributed by atoms with van der Waals surface area (Å²) >= 11 is 0. The third-order valence-corrected chi connectivity index (χ3v) is 1.80. The minimum atomic E-state index is -3.44. The van der Waals surface area contributed by atoms with Crippen molar-refractivity contribution in [3.8, 4) is 0 Å². The maximum atomic E-state index is 10.6. The summed E-state index contributed by atoms with van der Waals surface area (Å²) in [6.45, 7) is 1.78. The average Bonchev–Trinajstić information content (AvgIpc) is 1.85. The third kappa shape index (κ3) is 7.27. The molecule has 11 heavy (non-hydrogen) atoms. The van der Waals surface area contributed by atoms with E-state index in [1.807, 2.05) is 0 Å². The molecule has 6 heteroatoms. The summed E-state index contributed by atoms with van der Waals surface area (Å²) in [7, 11) is -3.44. The van der Waals surface area contributed by atoms with Crippen molar-refractivity contribution >= 4 is 15.9 Å². The maximum Gasteiger partial charge on any atom is 0.219 e. The van der Waals surface area contributed by atoms with Gasteiger partial charge in [0.05, 0.1) is 5.75 Å². The number of hydrogen-bond acceptors (Lipinski definition) is 3. The van der Waals surface area contributed by atoms with Gasteiger partial charge in [-0.05, 0) is 0 Å². The van der Waals surface area contributed by atoms with Gasteiger partial charge in [0.15, 0.2) is 0 Å². The summed E-state index contributed by atoms with van der Waals surface area (Å²) in [5.74, 6) is -0.382. The van der Waals surface area contributed by atoms with Crippen molar-refractivity contribution < 1.29 is 13.2 Å². The summed E-state index contributed by atoms with van der Waals surface area (Å²) in [6, 6.07) is 0. The molecule has 0 aliphatic carbocycles. The van der Waals surface area contributed by atoms with Crippen LogP contribution in [-0.4, -0.2) is 26.6 Å². The molecule has 0 saturated heterocycles. The number of carbonyl (C=O) groups excluding carboxylic acids is 1. The first-order chi connectivity index (χ1) is 4.95. The smallest absolute Gasteiger partial charge is 0.219 e. The lowest BCUT2D eigenvalue weighted by atomic mass is 10.4. The molecule has 0 aromatic rings. The van der Waals surface area contributed by atoms with Crippen LogP contribution in [0.2, 0.25) is 0 Å². The van der Waals surface area contributed by atoms with Crippen molar-refractivity contribution in [2.45, 2.75) is 13.3 Å². The monoisotopic (exact) mass is 180 g/mol. The Hall–Kier alpha value is -0.620. The van der Waals surface area contributed by atoms with Gasteiger partial charge in [0.1, 0.15) is 0 Å². The molecule has 0 aromatic carbocycles. The second-order valence-corrected chi connectivity index (χ2v) is 3.80. The van der Waals surface area contributed by atoms with Gasteiger partial charge in [-0.25, -0.2) is 13.6 Å². The van der Waals surface area contributed by atoms with Crippen LogP contribution in [0.15, 0.2) is 0 Å². The number of carbonyl (C=O) groups is 1. The van der Waals surface area contributed by atoms with Gasteiger partial charge < -0.3 is 5.32 Å². The van der Waals surface area contributed by atoms with Crippen molar-refractivity contribution in [1.29, 1.82) is 0 Å². The van der Waals surface area contributed by atoms with E-state index in [9.17, 15) is 13.2 Å². The first-order valence-corrected chi connectivity index (χ1v) is 4.94. The highest BCUT2D eigenvalue weighted by molar-refractivity contribution is 7.89. The Labute approximate surface area is 66.0 Å². The fourth-order valence-corrected chi connectivity index (χ4v) is 0.844. The second-order valence-electron chi connectivity index (χ2n) is 2.07. The van der Waals surface area contributed by atoms with Gasteiger partial charge >= 0.3 is 0 Å². The molecule has 5 nitrogen and oxygen atoms in total. The zero-order valence-corrected chi connectivity index (χ0v) is 7.15. The Bertz CT molecular complexity index is 222. The summed E-state index contributed by atoms with van der Waals surface area (Å²) in [5, 5.41) is 7.07. The molecule has 0 heterocycles. The molecule has 0 rings (SSSR count). The summed E-state index contributed by atoms with van der Waals surface area (Å²) in [5.41, 5.74) is 0. The van der Waals surface area contributed by atoms with Gasteiger partial charge in [0.25, 0.3) is 0 Å². The molecule has 0 unspecified atom stereocenters. The van der Waals surface area contributed by atoms with Crippen molar-refractivity contribution in [3.63, 3.8) is 0 Å². The molecule has 66 valence electrons. The van der Waals surface area contributed by atoms with E-state index in [1.54, 1.807) is 6.92 Å². The van der Waals surface area contributed by atoms with E-state index in [0.29, 0.717) is 6.42 Å². The van der Waals surface area contributed by atoms with Crippen LogP contribution >= 0.6 is 0 Å². The molecule has 0 radical (unpaired) electrons. The molecule has 0 atom stereocenters. The predicted octanol–water partition coefficient (Wildman–Crippen LogP) is -1.20. The van der Waals surface area contributed by atoms with E-state index in [-0.39, 0.29) is 18.2 Å². The molecule has 0 aromatic heterocycles. The Balaban J connectivity index is 3.51. The van der Waals surface area contributed by atoms with Gasteiger partial charge in [-0.15, -0.1) is 0 Å². The number of nitrogens with two attached hydrogens (primary N) is 1. The van der Waals surface area contributed by atoms with Crippen LogP contribution in [0, 0.1) is 0 Å². The minimum absolute atomic E-state index is 0.0888. The highest BCUT2D eigenvalue weighted by Crippen LogP contribution is 1.77. The Kier molecular flexibility index (Phi) is 4.06. The molecule has 0 spiro atoms. The van der Waals surface area contributed by atoms with Crippen LogP contribution in [0.5, 0.6) is 0 Å². The minimum Gasteiger partial charge on any atom is -0.355 e. The Morgan fingerprint density at radius 3 is 2.45 bits per heavy atom. The fraction of sp³-hybridized carbons (Fsp3) is 0.800. The third-order valence-electron chi connectivity index (χ3n) is 1.03. The van der Waals surface area contributed by atoms with Gasteiger partial charge in [-0.3, -0.25) is 4.79 Å². The lowest BCUT2D eigenvalue weighted by Gasteiger charge is -2.00. The molecule has 1 amide bonds. The van der Waals surface area contributed by atoms with Crippen molar-refractivity contribution in [3.05, 3.63) is 0 Å². The van der Waals surface area contributed by atoms with Gasteiger partial charge in [0, 0.05) is 13.0 Å². The molecule has 0 fully saturated rings. The van der Waals surface area contributed by atoms with Crippen LogP contribution in [-0.2, 0) is 14.8 Å². The average molecular weight is 180 g/mol. The number of sulfonamides is 1. The molecule has 0 saturated carbocycles. The maximum absolute atomic E-state index is 10.6. The zero-order valence-electron chi connectivity index (χ0n) is 6.33. The van der Waals surface area contributed by atoms with Crippen molar-refractivity contribution in [2.75, 3.05) is 12.3 Å². The quantitative estimate of drug-likeness (QED) is 0.569. The standard InChI is InChI=1S/C5H12N2O3S/c1-2-5(8)7-3-4-11(6,9)10/h2-4H2,1H3,(H,7,8)(H2,6,9,10). The van der Waals surface area contributed by atoms with Crippen LogP contribution in [0.1, 0.15) is 13.3 Å². The van der Waals surface area contributed by atoms with Crippen LogP contribution in [0.4, 0.5) is 0 Å². The summed E-state index contributed by atoms with van der Waals surface area (Å²) in [6.07, 6.45) is 0.352. The lowest BCUT2D eigenvalue weighted by molar-refractivity contribution is -0.120. The van der Waals surface area contributed by atoms with E-state index in [0.717, 1.165) is 0 Å². The van der Waals surface area contributed by atoms with E-state index in [1.165, 1.54) is 0 Å². The Morgan fingerprint density at radius 1 is 1.55 bits per heavy atom. The molecular weight excluding hydrogens is 168 g/mol. The van der Waals surface area contributed by atoms with Crippen molar-refractivity contribution in [2.24, 2.45) is 5.14 Å². The topological polar surface area (TPSA) is 89.3 Å². The molecule has 3 N–H and O–H groups in total. The van der Waals surface area contributed by atoms with Crippen LogP contribution < -0.4 is 10.5 Å². The van der Waals surface area contributed by atoms with Gasteiger partial charge in [-0.2, -0.15) is 0 Å². The Morgan fingerprint density at radius 2 is 2.09 bits per heavy atom. The normalized spacial score (nSPS) is 11.1. The van der Waals surface area contributed by atoms with E-state index >= 15 is 0 Å². The van der Waals surface area contributed by atoms with Gasteiger partial charge in [-0.1, -0.05) is 6.92 Å². The predicted molar refractivity (Wildman–Crippen MR) is 41.3 cm³/mol. The van der Waals surface area contributed by atoms with Crippen LogP contribution in [0.3, 0.4) is 0 Å². The summed E-state index contributed by atoms with van der Waals surface area (Å²) in [4.78, 5) is 10.6. The lowest BCUT2D eigenvalue weighted by Crippen LogP contribution is -2.30. The van der Waals surface area contributed by atoms with E-state index in [2.05, 4.69) is 10.5 Å². The number of primary sulfonamides is 1. The van der Waals surface area contributed by atoms with E-state index < -0.39 is 10.0 Å². The fourth-order valence-electron chi connectivity index (χ4n) is 0.458. The second kappa shape index (κ2) is 4.30. The number of rotatable bonds is 4. The largest absolute Gasteiger partial charge is 0.355 e. The first-order valence-electron chi connectivity index (χ1n) is 3.23. The van der Waals surface area contributed by atoms with Crippen LogP contribution in [0.25, 0.3) is 0 Å². The molecule has 0 aliphatic heterocycles. The SMILES string of the molecule is CCC(=O)NCCS(N)(=O)=O. The van der Waals surface area contributed by atoms with Crippen molar-refractivity contribution in [1.82, 2.24) is 5.32 Å². The molecule has 0 aliphatic rings. The van der Waals surface area contributed by atoms with E-state index in [4.69, 9.17) is 0 Å². The number of nitrogens with one attached hydrogen (secondary N) is 1. The molecule has 0 bridgehead atoms. The highest BCUT2D eigenvalue weighted by Gasteiger charge is 2.02.